The van der Waals surface area contributed by atoms with E-state index in [2.05, 4.69) is 4.18 Å². The van der Waals surface area contributed by atoms with Crippen LogP contribution in [0.15, 0.2) is 72.6 Å². The molecule has 1 amide bonds. The Labute approximate surface area is 228 Å². The minimum Gasteiger partial charge on any atom is -0.465 e. The number of nitrogens with zero attached hydrogens (tertiary/aromatic N) is 1. The van der Waals surface area contributed by atoms with E-state index in [4.69, 9.17) is 4.43 Å². The summed E-state index contributed by atoms with van der Waals surface area (Å²) < 4.78 is 74.2. The molecule has 1 heterocycles. The molecule has 1 aliphatic heterocycles. The number of benzene rings is 2. The molecular formula is C27H34F3NO6SSi. The zero-order chi connectivity index (χ0) is 29.2. The second kappa shape index (κ2) is 11.3. The Morgan fingerprint density at radius 3 is 1.90 bits per heavy atom. The molecule has 2 aromatic rings. The summed E-state index contributed by atoms with van der Waals surface area (Å²) in [5.74, 6) is -1.37. The molecule has 0 saturated heterocycles. The summed E-state index contributed by atoms with van der Waals surface area (Å²) in [5, 5.41) is 11.5. The van der Waals surface area contributed by atoms with Crippen LogP contribution in [-0.2, 0) is 18.7 Å². The Hall–Kier alpha value is -2.83. The summed E-state index contributed by atoms with van der Waals surface area (Å²) in [7, 11) is -9.22. The van der Waals surface area contributed by atoms with Crippen molar-refractivity contribution >= 4 is 34.9 Å². The van der Waals surface area contributed by atoms with E-state index >= 15 is 0 Å². The fraction of sp³-hybridized carbons (Fsp3) is 0.444. The lowest BCUT2D eigenvalue weighted by molar-refractivity contribution is -0.0551. The van der Waals surface area contributed by atoms with Crippen molar-refractivity contribution in [3.63, 3.8) is 0 Å². The number of alkyl halides is 3. The molecule has 0 aromatic heterocycles. The molecule has 7 nitrogen and oxygen atoms in total. The molecule has 1 aliphatic rings. The number of halogens is 3. The smallest absolute Gasteiger partial charge is 0.465 e. The number of hydrogen-bond donors (Lipinski definition) is 1. The van der Waals surface area contributed by atoms with E-state index in [-0.39, 0.29) is 24.9 Å². The van der Waals surface area contributed by atoms with Crippen molar-refractivity contribution in [3.8, 4) is 0 Å². The Kier molecular flexibility index (Phi) is 8.93. The van der Waals surface area contributed by atoms with Crippen molar-refractivity contribution in [3.05, 3.63) is 72.6 Å². The van der Waals surface area contributed by atoms with Gasteiger partial charge in [-0.3, -0.25) is 0 Å². The third-order valence-electron chi connectivity index (χ3n) is 7.06. The van der Waals surface area contributed by atoms with Gasteiger partial charge in [0, 0.05) is 0 Å². The second-order valence-corrected chi connectivity index (χ2v) is 16.7. The first-order valence-corrected chi connectivity index (χ1v) is 15.8. The minimum atomic E-state index is -6.08. The lowest BCUT2D eigenvalue weighted by Gasteiger charge is -2.46. The molecule has 2 aromatic carbocycles. The standard InChI is InChI=1S/C27H34F3NO6SSi/c1-19(2)22-16-17-24(37-38(34,35)27(28,29)30)31(25(32)33)23(22)18-36-39(26(3,4)5,20-12-8-6-9-13-20)21-14-10-7-11-15-21/h6-15,17,19,22-23H,16,18H2,1-5H3,(H,32,33). The van der Waals surface area contributed by atoms with Crippen molar-refractivity contribution < 1.29 is 40.1 Å². The van der Waals surface area contributed by atoms with Gasteiger partial charge in [-0.05, 0) is 39.7 Å². The van der Waals surface area contributed by atoms with Gasteiger partial charge < -0.3 is 13.7 Å². The van der Waals surface area contributed by atoms with E-state index < -0.39 is 47.0 Å². The van der Waals surface area contributed by atoms with Crippen LogP contribution in [0.4, 0.5) is 18.0 Å². The van der Waals surface area contributed by atoms with Gasteiger partial charge in [-0.25, -0.2) is 9.69 Å². The van der Waals surface area contributed by atoms with Crippen LogP contribution in [0.25, 0.3) is 0 Å². The topological polar surface area (TPSA) is 93.1 Å². The molecule has 0 saturated carbocycles. The maximum Gasteiger partial charge on any atom is 0.534 e. The molecule has 0 fully saturated rings. The number of hydrogen-bond acceptors (Lipinski definition) is 5. The molecule has 0 radical (unpaired) electrons. The van der Waals surface area contributed by atoms with E-state index in [0.29, 0.717) is 4.90 Å². The number of amides is 1. The highest BCUT2D eigenvalue weighted by molar-refractivity contribution is 7.87. The van der Waals surface area contributed by atoms with Crippen LogP contribution in [0.5, 0.6) is 0 Å². The van der Waals surface area contributed by atoms with Crippen LogP contribution >= 0.6 is 0 Å². The van der Waals surface area contributed by atoms with Crippen molar-refractivity contribution in [2.75, 3.05) is 6.61 Å². The fourth-order valence-corrected chi connectivity index (χ4v) is 10.2. The van der Waals surface area contributed by atoms with Gasteiger partial charge in [-0.2, -0.15) is 21.6 Å². The van der Waals surface area contributed by atoms with Crippen molar-refractivity contribution in [2.45, 2.75) is 57.6 Å². The first-order chi connectivity index (χ1) is 18.0. The lowest BCUT2D eigenvalue weighted by atomic mass is 9.83. The first kappa shape index (κ1) is 30.7. The van der Waals surface area contributed by atoms with Crippen LogP contribution in [-0.4, -0.2) is 51.0 Å². The van der Waals surface area contributed by atoms with Gasteiger partial charge in [0.2, 0.25) is 5.88 Å². The van der Waals surface area contributed by atoms with Gasteiger partial charge in [-0.15, -0.1) is 0 Å². The lowest BCUT2D eigenvalue weighted by Crippen LogP contribution is -2.68. The average Bonchev–Trinajstić information content (AvgIpc) is 2.83. The highest BCUT2D eigenvalue weighted by Gasteiger charge is 2.53. The van der Waals surface area contributed by atoms with Gasteiger partial charge in [-0.1, -0.05) is 95.3 Å². The Morgan fingerprint density at radius 1 is 1.03 bits per heavy atom. The highest BCUT2D eigenvalue weighted by atomic mass is 32.2. The Morgan fingerprint density at radius 2 is 1.51 bits per heavy atom. The molecule has 3 rings (SSSR count). The summed E-state index contributed by atoms with van der Waals surface area (Å²) in [6.07, 6.45) is -0.444. The molecule has 214 valence electrons. The predicted octanol–water partition coefficient (Wildman–Crippen LogP) is 5.30. The van der Waals surface area contributed by atoms with Gasteiger partial charge >= 0.3 is 21.7 Å². The number of carbonyl (C=O) groups is 1. The molecule has 12 heteroatoms. The monoisotopic (exact) mass is 585 g/mol. The summed E-state index contributed by atoms with van der Waals surface area (Å²) in [6, 6.07) is 18.2. The quantitative estimate of drug-likeness (QED) is 0.257. The summed E-state index contributed by atoms with van der Waals surface area (Å²) in [6.45, 7) is 9.67. The molecule has 0 spiro atoms. The van der Waals surface area contributed by atoms with E-state index in [1.807, 2.05) is 95.3 Å². The summed E-state index contributed by atoms with van der Waals surface area (Å²) in [5.41, 5.74) is -5.71. The van der Waals surface area contributed by atoms with Gasteiger partial charge in [0.05, 0.1) is 12.6 Å². The second-order valence-electron chi connectivity index (χ2n) is 10.9. The molecule has 0 aliphatic carbocycles. The first-order valence-electron chi connectivity index (χ1n) is 12.5. The zero-order valence-electron chi connectivity index (χ0n) is 22.5. The number of rotatable bonds is 8. The van der Waals surface area contributed by atoms with Crippen LogP contribution in [0.2, 0.25) is 5.04 Å². The fourth-order valence-electron chi connectivity index (χ4n) is 5.20. The third-order valence-corrected chi connectivity index (χ3v) is 13.0. The maximum atomic E-state index is 13.1. The van der Waals surface area contributed by atoms with E-state index in [1.165, 1.54) is 0 Å². The highest BCUT2D eigenvalue weighted by Crippen LogP contribution is 2.40. The van der Waals surface area contributed by atoms with Crippen LogP contribution in [0.3, 0.4) is 0 Å². The van der Waals surface area contributed by atoms with Crippen LogP contribution in [0.1, 0.15) is 41.0 Å². The van der Waals surface area contributed by atoms with E-state index in [0.717, 1.165) is 16.4 Å². The normalized spacial score (nSPS) is 19.1. The van der Waals surface area contributed by atoms with Crippen LogP contribution in [0, 0.1) is 11.8 Å². The molecule has 2 atom stereocenters. The minimum absolute atomic E-state index is 0.100. The van der Waals surface area contributed by atoms with Crippen molar-refractivity contribution in [1.82, 2.24) is 4.90 Å². The Bertz CT molecular complexity index is 1240. The molecule has 1 N–H and O–H groups in total. The summed E-state index contributed by atoms with van der Waals surface area (Å²) >= 11 is 0. The third kappa shape index (κ3) is 6.17. The largest absolute Gasteiger partial charge is 0.534 e. The SMILES string of the molecule is CC(C)C1CC=C(OS(=O)(=O)C(F)(F)F)N(C(=O)O)C1CO[Si](c1ccccc1)(c1ccccc1)C(C)(C)C. The van der Waals surface area contributed by atoms with Crippen LogP contribution < -0.4 is 10.4 Å². The van der Waals surface area contributed by atoms with E-state index in [1.54, 1.807) is 0 Å². The molecule has 39 heavy (non-hydrogen) atoms. The van der Waals surface area contributed by atoms with E-state index in [9.17, 15) is 31.5 Å². The zero-order valence-corrected chi connectivity index (χ0v) is 24.3. The predicted molar refractivity (Wildman–Crippen MR) is 144 cm³/mol. The average molecular weight is 586 g/mol. The molecule has 2 unspecified atom stereocenters. The van der Waals surface area contributed by atoms with Crippen molar-refractivity contribution in [2.24, 2.45) is 11.8 Å². The maximum absolute atomic E-state index is 13.1. The summed E-state index contributed by atoms with van der Waals surface area (Å²) in [4.78, 5) is 13.0. The molecular weight excluding hydrogens is 551 g/mol. The van der Waals surface area contributed by atoms with Gasteiger partial charge in [0.25, 0.3) is 8.32 Å². The molecule has 0 bridgehead atoms. The van der Waals surface area contributed by atoms with Gasteiger partial charge in [0.1, 0.15) is 0 Å². The number of carboxylic acid groups (broad SMARTS) is 1. The van der Waals surface area contributed by atoms with Gasteiger partial charge in [0.15, 0.2) is 0 Å². The Balaban J connectivity index is 2.12. The van der Waals surface area contributed by atoms with Crippen molar-refractivity contribution in [1.29, 1.82) is 0 Å². The number of allylic oxidation sites excluding steroid dienone is 1.